The Kier molecular flexibility index (Phi) is 5.40. The molecule has 1 N–H and O–H groups in total. The summed E-state index contributed by atoms with van der Waals surface area (Å²) in [6, 6.07) is 5.55. The van der Waals surface area contributed by atoms with E-state index in [1.54, 1.807) is 6.07 Å². The van der Waals surface area contributed by atoms with E-state index in [1.165, 1.54) is 25.3 Å². The van der Waals surface area contributed by atoms with Crippen LogP contribution in [-0.2, 0) is 6.42 Å². The maximum absolute atomic E-state index is 13.3. The van der Waals surface area contributed by atoms with Gasteiger partial charge in [-0.1, -0.05) is 36.2 Å². The van der Waals surface area contributed by atoms with Gasteiger partial charge in [-0.05, 0) is 61.4 Å². The standard InChI is InChI=1S/C16H23BrFN/c1-11(2)19-10-13-5-3-4-12(13)8-14-9-15(18)6-7-16(14)17/h6-7,9,11-13,19H,3-5,8,10H2,1-2H3. The van der Waals surface area contributed by atoms with E-state index in [9.17, 15) is 4.39 Å². The lowest BCUT2D eigenvalue weighted by Gasteiger charge is -2.22. The van der Waals surface area contributed by atoms with E-state index in [4.69, 9.17) is 0 Å². The summed E-state index contributed by atoms with van der Waals surface area (Å²) in [6.45, 7) is 5.47. The Bertz CT molecular complexity index is 419. The first-order chi connectivity index (χ1) is 9.06. The second kappa shape index (κ2) is 6.85. The van der Waals surface area contributed by atoms with Gasteiger partial charge in [0.2, 0.25) is 0 Å². The second-order valence-corrected chi connectivity index (χ2v) is 6.81. The van der Waals surface area contributed by atoms with Crippen molar-refractivity contribution >= 4 is 15.9 Å². The highest BCUT2D eigenvalue weighted by Gasteiger charge is 2.27. The molecule has 1 aliphatic rings. The molecule has 0 amide bonds. The lowest BCUT2D eigenvalue weighted by atomic mass is 9.89. The summed E-state index contributed by atoms with van der Waals surface area (Å²) in [6.07, 6.45) is 4.87. The summed E-state index contributed by atoms with van der Waals surface area (Å²) < 4.78 is 14.4. The van der Waals surface area contributed by atoms with Crippen LogP contribution in [0, 0.1) is 17.7 Å². The number of hydrogen-bond acceptors (Lipinski definition) is 1. The van der Waals surface area contributed by atoms with Gasteiger partial charge in [-0.3, -0.25) is 0 Å². The minimum Gasteiger partial charge on any atom is -0.314 e. The van der Waals surface area contributed by atoms with Gasteiger partial charge in [-0.25, -0.2) is 4.39 Å². The van der Waals surface area contributed by atoms with Crippen LogP contribution in [0.2, 0.25) is 0 Å². The highest BCUT2D eigenvalue weighted by Crippen LogP contribution is 2.35. The third kappa shape index (κ3) is 4.28. The number of rotatable bonds is 5. The Morgan fingerprint density at radius 3 is 2.79 bits per heavy atom. The van der Waals surface area contributed by atoms with Gasteiger partial charge in [0.1, 0.15) is 5.82 Å². The normalized spacial score (nSPS) is 23.2. The van der Waals surface area contributed by atoms with Gasteiger partial charge in [0.25, 0.3) is 0 Å². The molecular weight excluding hydrogens is 305 g/mol. The largest absolute Gasteiger partial charge is 0.314 e. The summed E-state index contributed by atoms with van der Waals surface area (Å²) in [5.41, 5.74) is 1.11. The van der Waals surface area contributed by atoms with Crippen molar-refractivity contribution in [2.24, 2.45) is 11.8 Å². The van der Waals surface area contributed by atoms with Crippen molar-refractivity contribution in [2.45, 2.75) is 45.6 Å². The van der Waals surface area contributed by atoms with Crippen molar-refractivity contribution in [3.05, 3.63) is 34.1 Å². The maximum Gasteiger partial charge on any atom is 0.123 e. The van der Waals surface area contributed by atoms with E-state index >= 15 is 0 Å². The summed E-state index contributed by atoms with van der Waals surface area (Å²) in [5, 5.41) is 3.54. The number of halogens is 2. The van der Waals surface area contributed by atoms with Crippen LogP contribution in [0.4, 0.5) is 4.39 Å². The topological polar surface area (TPSA) is 12.0 Å². The minimum absolute atomic E-state index is 0.131. The predicted molar refractivity (Wildman–Crippen MR) is 81.8 cm³/mol. The lowest BCUT2D eigenvalue weighted by Crippen LogP contribution is -2.31. The smallest absolute Gasteiger partial charge is 0.123 e. The molecule has 19 heavy (non-hydrogen) atoms. The molecule has 2 atom stereocenters. The van der Waals surface area contributed by atoms with Gasteiger partial charge in [-0.15, -0.1) is 0 Å². The molecule has 1 nitrogen and oxygen atoms in total. The SMILES string of the molecule is CC(C)NCC1CCCC1Cc1cc(F)ccc1Br. The molecule has 0 aliphatic heterocycles. The molecule has 106 valence electrons. The Labute approximate surface area is 124 Å². The average Bonchev–Trinajstić information content (AvgIpc) is 2.79. The van der Waals surface area contributed by atoms with Crippen molar-refractivity contribution in [2.75, 3.05) is 6.54 Å². The Morgan fingerprint density at radius 2 is 2.05 bits per heavy atom. The fourth-order valence-corrected chi connectivity index (χ4v) is 3.43. The molecule has 1 aliphatic carbocycles. The van der Waals surface area contributed by atoms with Crippen LogP contribution >= 0.6 is 15.9 Å². The molecule has 1 aromatic carbocycles. The summed E-state index contributed by atoms with van der Waals surface area (Å²) >= 11 is 3.54. The van der Waals surface area contributed by atoms with Gasteiger partial charge >= 0.3 is 0 Å². The molecule has 1 aromatic rings. The molecule has 0 bridgehead atoms. The van der Waals surface area contributed by atoms with E-state index in [2.05, 4.69) is 35.1 Å². The van der Waals surface area contributed by atoms with Crippen molar-refractivity contribution < 1.29 is 4.39 Å². The zero-order valence-electron chi connectivity index (χ0n) is 11.8. The Morgan fingerprint density at radius 1 is 1.32 bits per heavy atom. The van der Waals surface area contributed by atoms with Gasteiger partial charge < -0.3 is 5.32 Å². The fourth-order valence-electron chi connectivity index (χ4n) is 3.02. The van der Waals surface area contributed by atoms with Crippen LogP contribution < -0.4 is 5.32 Å². The average molecular weight is 328 g/mol. The van der Waals surface area contributed by atoms with Crippen molar-refractivity contribution in [3.63, 3.8) is 0 Å². The van der Waals surface area contributed by atoms with E-state index in [-0.39, 0.29) is 5.82 Å². The molecule has 0 spiro atoms. The molecule has 2 unspecified atom stereocenters. The molecule has 2 rings (SSSR count). The van der Waals surface area contributed by atoms with Crippen molar-refractivity contribution in [3.8, 4) is 0 Å². The Balaban J connectivity index is 1.98. The van der Waals surface area contributed by atoms with Crippen LogP contribution in [0.5, 0.6) is 0 Å². The third-order valence-corrected chi connectivity index (χ3v) is 4.87. The summed E-state index contributed by atoms with van der Waals surface area (Å²) in [5.74, 6) is 1.29. The van der Waals surface area contributed by atoms with Crippen LogP contribution in [-0.4, -0.2) is 12.6 Å². The van der Waals surface area contributed by atoms with E-state index in [1.807, 2.05) is 6.07 Å². The van der Waals surface area contributed by atoms with E-state index in [0.29, 0.717) is 12.0 Å². The number of benzene rings is 1. The second-order valence-electron chi connectivity index (χ2n) is 5.95. The number of hydrogen-bond donors (Lipinski definition) is 1. The quantitative estimate of drug-likeness (QED) is 0.836. The molecule has 1 fully saturated rings. The first-order valence-corrected chi connectivity index (χ1v) is 8.03. The number of nitrogens with one attached hydrogen (secondary N) is 1. The zero-order valence-corrected chi connectivity index (χ0v) is 13.3. The van der Waals surface area contributed by atoms with Gasteiger partial charge in [-0.2, -0.15) is 0 Å². The molecule has 0 aromatic heterocycles. The fraction of sp³-hybridized carbons (Fsp3) is 0.625. The third-order valence-electron chi connectivity index (χ3n) is 4.09. The van der Waals surface area contributed by atoms with Crippen LogP contribution in [0.3, 0.4) is 0 Å². The molecule has 0 radical (unpaired) electrons. The lowest BCUT2D eigenvalue weighted by molar-refractivity contribution is 0.353. The first-order valence-electron chi connectivity index (χ1n) is 7.23. The highest BCUT2D eigenvalue weighted by atomic mass is 79.9. The monoisotopic (exact) mass is 327 g/mol. The van der Waals surface area contributed by atoms with Crippen molar-refractivity contribution in [1.29, 1.82) is 0 Å². The van der Waals surface area contributed by atoms with Gasteiger partial charge in [0.05, 0.1) is 0 Å². The zero-order chi connectivity index (χ0) is 13.8. The minimum atomic E-state index is -0.131. The summed E-state index contributed by atoms with van der Waals surface area (Å²) in [7, 11) is 0. The summed E-state index contributed by atoms with van der Waals surface area (Å²) in [4.78, 5) is 0. The molecule has 1 saturated carbocycles. The highest BCUT2D eigenvalue weighted by molar-refractivity contribution is 9.10. The van der Waals surface area contributed by atoms with Crippen LogP contribution in [0.25, 0.3) is 0 Å². The molecule has 0 saturated heterocycles. The van der Waals surface area contributed by atoms with Crippen LogP contribution in [0.1, 0.15) is 38.7 Å². The Hall–Kier alpha value is -0.410. The molecule has 3 heteroatoms. The maximum atomic E-state index is 13.3. The van der Waals surface area contributed by atoms with Gasteiger partial charge in [0, 0.05) is 10.5 Å². The van der Waals surface area contributed by atoms with Crippen LogP contribution in [0.15, 0.2) is 22.7 Å². The van der Waals surface area contributed by atoms with Gasteiger partial charge in [0.15, 0.2) is 0 Å². The van der Waals surface area contributed by atoms with E-state index < -0.39 is 0 Å². The molecule has 0 heterocycles. The molecular formula is C16H23BrFN. The van der Waals surface area contributed by atoms with Crippen molar-refractivity contribution in [1.82, 2.24) is 5.32 Å². The predicted octanol–water partition coefficient (Wildman–Crippen LogP) is 4.55. The van der Waals surface area contributed by atoms with E-state index in [0.717, 1.165) is 28.9 Å². The first kappa shape index (κ1) is 15.0.